The van der Waals surface area contributed by atoms with Gasteiger partial charge in [0, 0.05) is 11.6 Å². The predicted octanol–water partition coefficient (Wildman–Crippen LogP) is 4.83. The summed E-state index contributed by atoms with van der Waals surface area (Å²) >= 11 is 0. The number of rotatable bonds is 5. The second-order valence-corrected chi connectivity index (χ2v) is 6.12. The van der Waals surface area contributed by atoms with Crippen LogP contribution in [-0.4, -0.2) is 6.54 Å². The second-order valence-electron chi connectivity index (χ2n) is 6.12. The molecular weight excluding hydrogens is 256 g/mol. The predicted molar refractivity (Wildman–Crippen MR) is 78.5 cm³/mol. The van der Waals surface area contributed by atoms with Crippen molar-refractivity contribution in [3.8, 4) is 0 Å². The van der Waals surface area contributed by atoms with E-state index in [-0.39, 0.29) is 17.7 Å². The molecule has 0 saturated heterocycles. The maximum atomic E-state index is 14.1. The van der Waals surface area contributed by atoms with E-state index in [1.807, 2.05) is 0 Å². The standard InChI is InChI=1S/C17H25F2N/c1-3-10-20-17(13-6-4-12(2)5-7-13)15-11-14(18)8-9-16(15)19/h8-9,11-13,17,20H,3-7,10H2,1-2H3. The summed E-state index contributed by atoms with van der Waals surface area (Å²) in [5, 5.41) is 3.43. The van der Waals surface area contributed by atoms with Crippen molar-refractivity contribution in [3.05, 3.63) is 35.4 Å². The first kappa shape index (κ1) is 15.4. The zero-order chi connectivity index (χ0) is 14.5. The van der Waals surface area contributed by atoms with Gasteiger partial charge in [0.2, 0.25) is 0 Å². The van der Waals surface area contributed by atoms with Crippen LogP contribution in [-0.2, 0) is 0 Å². The Kier molecular flexibility index (Phi) is 5.53. The quantitative estimate of drug-likeness (QED) is 0.815. The molecule has 0 aliphatic heterocycles. The Morgan fingerprint density at radius 3 is 2.55 bits per heavy atom. The number of hydrogen-bond donors (Lipinski definition) is 1. The molecule has 112 valence electrons. The average molecular weight is 281 g/mol. The van der Waals surface area contributed by atoms with E-state index in [4.69, 9.17) is 0 Å². The summed E-state index contributed by atoms with van der Waals surface area (Å²) in [7, 11) is 0. The molecule has 0 heterocycles. The number of halogens is 2. The van der Waals surface area contributed by atoms with Crippen molar-refractivity contribution in [1.82, 2.24) is 5.32 Å². The fraction of sp³-hybridized carbons (Fsp3) is 0.647. The van der Waals surface area contributed by atoms with Gasteiger partial charge in [-0.1, -0.05) is 26.7 Å². The van der Waals surface area contributed by atoms with Gasteiger partial charge in [-0.15, -0.1) is 0 Å². The van der Waals surface area contributed by atoms with Crippen LogP contribution in [0.1, 0.15) is 57.6 Å². The van der Waals surface area contributed by atoms with Crippen LogP contribution >= 0.6 is 0 Å². The topological polar surface area (TPSA) is 12.0 Å². The van der Waals surface area contributed by atoms with Crippen LogP contribution in [0, 0.1) is 23.5 Å². The molecule has 1 atom stereocenters. The summed E-state index contributed by atoms with van der Waals surface area (Å²) in [5.41, 5.74) is 0.498. The molecule has 1 nitrogen and oxygen atoms in total. The van der Waals surface area contributed by atoms with Gasteiger partial charge in [0.1, 0.15) is 11.6 Å². The summed E-state index contributed by atoms with van der Waals surface area (Å²) in [5.74, 6) is 0.525. The average Bonchev–Trinajstić information content (AvgIpc) is 2.44. The lowest BCUT2D eigenvalue weighted by Gasteiger charge is -2.34. The highest BCUT2D eigenvalue weighted by Gasteiger charge is 2.28. The van der Waals surface area contributed by atoms with Gasteiger partial charge in [-0.25, -0.2) is 8.78 Å². The number of nitrogens with one attached hydrogen (secondary N) is 1. The minimum atomic E-state index is -0.353. The van der Waals surface area contributed by atoms with Crippen LogP contribution in [0.4, 0.5) is 8.78 Å². The zero-order valence-corrected chi connectivity index (χ0v) is 12.5. The number of hydrogen-bond acceptors (Lipinski definition) is 1. The fourth-order valence-corrected chi connectivity index (χ4v) is 3.20. The van der Waals surface area contributed by atoms with Crippen molar-refractivity contribution in [1.29, 1.82) is 0 Å². The Hall–Kier alpha value is -0.960. The molecule has 1 aliphatic carbocycles. The van der Waals surface area contributed by atoms with E-state index in [0.29, 0.717) is 11.5 Å². The van der Waals surface area contributed by atoms with Gasteiger partial charge in [-0.2, -0.15) is 0 Å². The third kappa shape index (κ3) is 3.78. The van der Waals surface area contributed by atoms with Gasteiger partial charge >= 0.3 is 0 Å². The fourth-order valence-electron chi connectivity index (χ4n) is 3.20. The van der Waals surface area contributed by atoms with Gasteiger partial charge in [-0.3, -0.25) is 0 Å². The largest absolute Gasteiger partial charge is 0.310 e. The normalized spacial score (nSPS) is 24.6. The van der Waals surface area contributed by atoms with E-state index < -0.39 is 0 Å². The molecular formula is C17H25F2N. The van der Waals surface area contributed by atoms with E-state index in [2.05, 4.69) is 19.2 Å². The van der Waals surface area contributed by atoms with E-state index >= 15 is 0 Å². The van der Waals surface area contributed by atoms with Crippen molar-refractivity contribution in [3.63, 3.8) is 0 Å². The maximum absolute atomic E-state index is 14.1. The first-order valence-corrected chi connectivity index (χ1v) is 7.80. The first-order valence-electron chi connectivity index (χ1n) is 7.80. The molecule has 1 N–H and O–H groups in total. The maximum Gasteiger partial charge on any atom is 0.128 e. The Labute approximate surface area is 120 Å². The van der Waals surface area contributed by atoms with Crippen LogP contribution in [0.2, 0.25) is 0 Å². The molecule has 20 heavy (non-hydrogen) atoms. The summed E-state index contributed by atoms with van der Waals surface area (Å²) in [6.07, 6.45) is 5.56. The molecule has 0 radical (unpaired) electrons. The molecule has 1 unspecified atom stereocenters. The molecule has 1 aliphatic rings. The van der Waals surface area contributed by atoms with E-state index in [0.717, 1.165) is 31.7 Å². The van der Waals surface area contributed by atoms with E-state index in [9.17, 15) is 8.78 Å². The summed E-state index contributed by atoms with van der Waals surface area (Å²) < 4.78 is 27.5. The van der Waals surface area contributed by atoms with Crippen LogP contribution in [0.15, 0.2) is 18.2 Å². The Morgan fingerprint density at radius 2 is 1.90 bits per heavy atom. The Balaban J connectivity index is 2.20. The first-order chi connectivity index (χ1) is 9.61. The molecule has 3 heteroatoms. The van der Waals surface area contributed by atoms with E-state index in [1.165, 1.54) is 31.0 Å². The second kappa shape index (κ2) is 7.16. The lowest BCUT2D eigenvalue weighted by Crippen LogP contribution is -2.32. The summed E-state index contributed by atoms with van der Waals surface area (Å²) in [4.78, 5) is 0. The van der Waals surface area contributed by atoms with Crippen molar-refractivity contribution in [2.75, 3.05) is 6.54 Å². The number of benzene rings is 1. The minimum absolute atomic E-state index is 0.0573. The van der Waals surface area contributed by atoms with E-state index in [1.54, 1.807) is 0 Å². The van der Waals surface area contributed by atoms with Gasteiger partial charge in [0.15, 0.2) is 0 Å². The van der Waals surface area contributed by atoms with Crippen LogP contribution in [0.5, 0.6) is 0 Å². The van der Waals surface area contributed by atoms with Crippen molar-refractivity contribution < 1.29 is 8.78 Å². The van der Waals surface area contributed by atoms with Crippen LogP contribution in [0.3, 0.4) is 0 Å². The molecule has 1 fully saturated rings. The van der Waals surface area contributed by atoms with Crippen LogP contribution < -0.4 is 5.32 Å². The molecule has 2 rings (SSSR count). The Morgan fingerprint density at radius 1 is 1.20 bits per heavy atom. The van der Waals surface area contributed by atoms with Crippen molar-refractivity contribution in [2.45, 2.75) is 52.0 Å². The lowest BCUT2D eigenvalue weighted by atomic mass is 9.77. The Bertz CT molecular complexity index is 425. The highest BCUT2D eigenvalue weighted by molar-refractivity contribution is 5.23. The smallest absolute Gasteiger partial charge is 0.128 e. The molecule has 0 amide bonds. The molecule has 0 bridgehead atoms. The van der Waals surface area contributed by atoms with Gasteiger partial charge in [0.05, 0.1) is 0 Å². The highest BCUT2D eigenvalue weighted by Crippen LogP contribution is 2.37. The van der Waals surface area contributed by atoms with Crippen molar-refractivity contribution >= 4 is 0 Å². The van der Waals surface area contributed by atoms with Crippen LogP contribution in [0.25, 0.3) is 0 Å². The zero-order valence-electron chi connectivity index (χ0n) is 12.5. The van der Waals surface area contributed by atoms with Crippen molar-refractivity contribution in [2.24, 2.45) is 11.8 Å². The third-order valence-corrected chi connectivity index (χ3v) is 4.44. The molecule has 1 saturated carbocycles. The molecule has 1 aromatic rings. The summed E-state index contributed by atoms with van der Waals surface area (Å²) in [6.45, 7) is 5.20. The minimum Gasteiger partial charge on any atom is -0.310 e. The monoisotopic (exact) mass is 281 g/mol. The summed E-state index contributed by atoms with van der Waals surface area (Å²) in [6, 6.07) is 3.74. The van der Waals surface area contributed by atoms with Gasteiger partial charge in [-0.05, 0) is 55.8 Å². The molecule has 0 spiro atoms. The third-order valence-electron chi connectivity index (χ3n) is 4.44. The van der Waals surface area contributed by atoms with Gasteiger partial charge < -0.3 is 5.32 Å². The SMILES string of the molecule is CCCNC(c1cc(F)ccc1F)C1CCC(C)CC1. The lowest BCUT2D eigenvalue weighted by molar-refractivity contribution is 0.228. The molecule has 0 aromatic heterocycles. The highest BCUT2D eigenvalue weighted by atomic mass is 19.1. The molecule has 1 aromatic carbocycles. The van der Waals surface area contributed by atoms with Gasteiger partial charge in [0.25, 0.3) is 0 Å².